The van der Waals surface area contributed by atoms with Crippen molar-refractivity contribution < 1.29 is 19.1 Å². The summed E-state index contributed by atoms with van der Waals surface area (Å²) in [5.41, 5.74) is -0.0883. The summed E-state index contributed by atoms with van der Waals surface area (Å²) in [6.07, 6.45) is -0.268. The van der Waals surface area contributed by atoms with Gasteiger partial charge in [-0.15, -0.1) is 0 Å². The van der Waals surface area contributed by atoms with Crippen LogP contribution < -0.4 is 0 Å². The van der Waals surface area contributed by atoms with Crippen LogP contribution in [0.25, 0.3) is 0 Å². The first-order valence-corrected chi connectivity index (χ1v) is 5.24. The first-order chi connectivity index (χ1) is 7.92. The smallest absolute Gasteiger partial charge is 0.429 e. The van der Waals surface area contributed by atoms with Crippen LogP contribution in [0.15, 0.2) is 30.3 Å². The molecule has 0 aliphatic rings. The maximum Gasteiger partial charge on any atom is 0.509 e. The molecule has 0 bridgehead atoms. The largest absolute Gasteiger partial charge is 0.509 e. The fourth-order valence-electron chi connectivity index (χ4n) is 1.16. The number of hydrogen-bond acceptors (Lipinski definition) is 4. The van der Waals surface area contributed by atoms with Gasteiger partial charge in [0.2, 0.25) is 6.29 Å². The Balaban J connectivity index is 2.66. The second-order valence-electron chi connectivity index (χ2n) is 4.49. The van der Waals surface area contributed by atoms with Crippen molar-refractivity contribution in [1.29, 1.82) is 0 Å². The molecule has 17 heavy (non-hydrogen) atoms. The lowest BCUT2D eigenvalue weighted by atomic mass is 10.1. The minimum atomic E-state index is -1.05. The van der Waals surface area contributed by atoms with E-state index in [-0.39, 0.29) is 0 Å². The van der Waals surface area contributed by atoms with Crippen LogP contribution in [0.2, 0.25) is 0 Å². The molecule has 0 saturated heterocycles. The van der Waals surface area contributed by atoms with E-state index in [1.165, 1.54) is 0 Å². The second-order valence-corrected chi connectivity index (χ2v) is 4.49. The molecule has 1 aromatic rings. The zero-order valence-electron chi connectivity index (χ0n) is 10.1. The Hall–Kier alpha value is -1.84. The van der Waals surface area contributed by atoms with Crippen LogP contribution in [-0.4, -0.2) is 18.0 Å². The van der Waals surface area contributed by atoms with Gasteiger partial charge in [0.1, 0.15) is 5.60 Å². The predicted molar refractivity (Wildman–Crippen MR) is 62.2 cm³/mol. The topological polar surface area (TPSA) is 52.6 Å². The Labute approximate surface area is 101 Å². The highest BCUT2D eigenvalue weighted by molar-refractivity contribution is 5.68. The highest BCUT2D eigenvalue weighted by Crippen LogP contribution is 2.17. The molecule has 0 fully saturated rings. The summed E-state index contributed by atoms with van der Waals surface area (Å²) in [5.74, 6) is 0. The van der Waals surface area contributed by atoms with E-state index in [1.54, 1.807) is 57.4 Å². The van der Waals surface area contributed by atoms with E-state index >= 15 is 0 Å². The van der Waals surface area contributed by atoms with Gasteiger partial charge in [-0.05, 0) is 20.8 Å². The molecule has 0 aliphatic carbocycles. The Morgan fingerprint density at radius 1 is 1.24 bits per heavy atom. The fraction of sp³-hybridized carbons (Fsp3) is 0.385. The maximum absolute atomic E-state index is 11.4. The first kappa shape index (κ1) is 13.2. The number of hydrogen-bond donors (Lipinski definition) is 0. The van der Waals surface area contributed by atoms with Crippen molar-refractivity contribution in [2.24, 2.45) is 0 Å². The van der Waals surface area contributed by atoms with Crippen molar-refractivity contribution in [2.45, 2.75) is 32.5 Å². The summed E-state index contributed by atoms with van der Waals surface area (Å²) in [5, 5.41) is 0. The molecule has 1 rings (SSSR count). The lowest BCUT2D eigenvalue weighted by Crippen LogP contribution is -2.25. The average Bonchev–Trinajstić information content (AvgIpc) is 2.24. The monoisotopic (exact) mass is 235 g/mol. The zero-order valence-corrected chi connectivity index (χ0v) is 10.1. The summed E-state index contributed by atoms with van der Waals surface area (Å²) in [7, 11) is 0. The van der Waals surface area contributed by atoms with Crippen molar-refractivity contribution in [3.63, 3.8) is 0 Å². The van der Waals surface area contributed by atoms with Gasteiger partial charge in [0.05, 0.1) is 0 Å². The molecule has 4 nitrogen and oxygen atoms in total. The van der Waals surface area contributed by atoms with Crippen molar-refractivity contribution in [3.8, 4) is 0 Å². The molecule has 0 amide bonds. The molecule has 0 spiro atoms. The predicted octanol–water partition coefficient (Wildman–Crippen LogP) is 2.79. The van der Waals surface area contributed by atoms with Gasteiger partial charge < -0.3 is 9.47 Å². The molecular weight excluding hydrogens is 220 g/mol. The molecule has 0 N–H and O–H groups in total. The third-order valence-corrected chi connectivity index (χ3v) is 1.81. The number of ether oxygens (including phenoxy) is 2. The van der Waals surface area contributed by atoms with Crippen LogP contribution in [0.3, 0.4) is 0 Å². The number of rotatable bonds is 3. The summed E-state index contributed by atoms with van der Waals surface area (Å²) >= 11 is 0. The Bertz CT molecular complexity index is 378. The van der Waals surface area contributed by atoms with Gasteiger partial charge in [-0.3, -0.25) is 4.79 Å². The van der Waals surface area contributed by atoms with Gasteiger partial charge in [0, 0.05) is 5.56 Å². The maximum atomic E-state index is 11.4. The van der Waals surface area contributed by atoms with Crippen LogP contribution >= 0.6 is 0 Å². The van der Waals surface area contributed by atoms with E-state index in [0.717, 1.165) is 0 Å². The van der Waals surface area contributed by atoms with Crippen LogP contribution in [0.5, 0.6) is 0 Å². The minimum absolute atomic E-state index is 0.563. The van der Waals surface area contributed by atoms with Crippen molar-refractivity contribution in [2.75, 3.05) is 0 Å². The summed E-state index contributed by atoms with van der Waals surface area (Å²) in [6.45, 7) is 5.16. The van der Waals surface area contributed by atoms with Gasteiger partial charge in [0.25, 0.3) is 0 Å². The highest BCUT2D eigenvalue weighted by Gasteiger charge is 2.22. The van der Waals surface area contributed by atoms with Crippen LogP contribution in [-0.2, 0) is 14.3 Å². The summed E-state index contributed by atoms with van der Waals surface area (Å²) in [4.78, 5) is 22.1. The molecule has 1 unspecified atom stereocenters. The van der Waals surface area contributed by atoms with Crippen LogP contribution in [0.1, 0.15) is 32.4 Å². The van der Waals surface area contributed by atoms with E-state index in [2.05, 4.69) is 0 Å². The summed E-state index contributed by atoms with van der Waals surface area (Å²) < 4.78 is 9.83. The SMILES string of the molecule is CC(C)(C)OC(=O)OC([C]=O)c1ccccc1. The van der Waals surface area contributed by atoms with Crippen molar-refractivity contribution in [1.82, 2.24) is 0 Å². The third-order valence-electron chi connectivity index (χ3n) is 1.81. The van der Waals surface area contributed by atoms with Gasteiger partial charge in [-0.25, -0.2) is 4.79 Å². The number of carbonyl (C=O) groups is 1. The van der Waals surface area contributed by atoms with Gasteiger partial charge >= 0.3 is 6.16 Å². The van der Waals surface area contributed by atoms with E-state index in [9.17, 15) is 9.59 Å². The third kappa shape index (κ3) is 4.68. The molecular formula is C13H15O4. The zero-order chi connectivity index (χ0) is 12.9. The van der Waals surface area contributed by atoms with Gasteiger partial charge in [-0.1, -0.05) is 30.3 Å². The molecule has 91 valence electrons. The fourth-order valence-corrected chi connectivity index (χ4v) is 1.16. The Kier molecular flexibility index (Phi) is 4.26. The first-order valence-electron chi connectivity index (χ1n) is 5.24. The van der Waals surface area contributed by atoms with Gasteiger partial charge in [-0.2, -0.15) is 0 Å². The minimum Gasteiger partial charge on any atom is -0.429 e. The van der Waals surface area contributed by atoms with Crippen molar-refractivity contribution >= 4 is 12.4 Å². The molecule has 4 heteroatoms. The highest BCUT2D eigenvalue weighted by atomic mass is 16.7. The van der Waals surface area contributed by atoms with Gasteiger partial charge in [0.15, 0.2) is 6.10 Å². The van der Waals surface area contributed by atoms with Crippen LogP contribution in [0, 0.1) is 0 Å². The van der Waals surface area contributed by atoms with E-state index in [0.29, 0.717) is 5.56 Å². The lowest BCUT2D eigenvalue weighted by Gasteiger charge is -2.20. The summed E-state index contributed by atoms with van der Waals surface area (Å²) in [6, 6.07) is 8.66. The quantitative estimate of drug-likeness (QED) is 0.756. The van der Waals surface area contributed by atoms with Crippen molar-refractivity contribution in [3.05, 3.63) is 35.9 Å². The Morgan fingerprint density at radius 2 is 1.82 bits per heavy atom. The molecule has 1 radical (unpaired) electrons. The Morgan fingerprint density at radius 3 is 2.29 bits per heavy atom. The van der Waals surface area contributed by atoms with E-state index < -0.39 is 17.9 Å². The number of benzene rings is 1. The number of carbonyl (C=O) groups excluding carboxylic acids is 2. The van der Waals surface area contributed by atoms with E-state index in [1.807, 2.05) is 0 Å². The standard InChI is InChI=1S/C13H15O4/c1-13(2,3)17-12(15)16-11(9-14)10-7-5-4-6-8-10/h4-8,11H,1-3H3. The van der Waals surface area contributed by atoms with Crippen LogP contribution in [0.4, 0.5) is 4.79 Å². The molecule has 0 aromatic heterocycles. The second kappa shape index (κ2) is 5.48. The molecule has 0 aliphatic heterocycles. The lowest BCUT2D eigenvalue weighted by molar-refractivity contribution is -0.0161. The van der Waals surface area contributed by atoms with E-state index in [4.69, 9.17) is 9.47 Å². The molecule has 0 heterocycles. The molecule has 1 aromatic carbocycles. The molecule has 0 saturated carbocycles. The molecule has 1 atom stereocenters. The average molecular weight is 235 g/mol. The normalized spacial score (nSPS) is 12.6.